The van der Waals surface area contributed by atoms with E-state index in [-0.39, 0.29) is 22.2 Å². The van der Waals surface area contributed by atoms with Crippen LogP contribution in [0.15, 0.2) is 46.1 Å². The number of sulfonamides is 1. The molecule has 0 radical (unpaired) electrons. The van der Waals surface area contributed by atoms with E-state index in [0.717, 1.165) is 23.5 Å². The van der Waals surface area contributed by atoms with Crippen molar-refractivity contribution in [2.75, 3.05) is 46.4 Å². The number of rotatable bonds is 7. The molecule has 1 aliphatic heterocycles. The van der Waals surface area contributed by atoms with Crippen molar-refractivity contribution in [3.05, 3.63) is 52.1 Å². The van der Waals surface area contributed by atoms with E-state index in [1.54, 1.807) is 0 Å². The van der Waals surface area contributed by atoms with Gasteiger partial charge in [0.05, 0.1) is 27.6 Å². The van der Waals surface area contributed by atoms with Gasteiger partial charge in [0.1, 0.15) is 10.7 Å². The first kappa shape index (κ1) is 25.3. The highest BCUT2D eigenvalue weighted by molar-refractivity contribution is 7.92. The molecule has 15 heteroatoms. The van der Waals surface area contributed by atoms with Gasteiger partial charge in [0.25, 0.3) is 10.0 Å². The fourth-order valence-corrected chi connectivity index (χ4v) is 5.40. The molecule has 0 spiro atoms. The standard InChI is InChI=1S/C20H19ClF4N6O2S2/c21-13-8-18(35(32,33)30-19-10-34-11-27-19)14(22)9-16(13)28-15-2-1-12(29-20(23,24)25)7-17(15)31-5-3-26-4-6-31/h1-2,7-11,26,28-30H,3-6H2. The molecule has 0 amide bonds. The van der Waals surface area contributed by atoms with Crippen LogP contribution in [0.1, 0.15) is 0 Å². The molecule has 188 valence electrons. The number of anilines is 5. The number of nitrogens with zero attached hydrogens (tertiary/aromatic N) is 2. The molecule has 0 aliphatic carbocycles. The van der Waals surface area contributed by atoms with Gasteiger partial charge in [-0.2, -0.15) is 13.2 Å². The SMILES string of the molecule is O=S(=O)(Nc1cscn1)c1cc(Cl)c(Nc2ccc(NC(F)(F)F)cc2N2CCNCC2)cc1F. The average molecular weight is 551 g/mol. The second-order valence-corrected chi connectivity index (χ2v) is 10.2. The zero-order valence-corrected chi connectivity index (χ0v) is 20.2. The molecule has 0 bridgehead atoms. The molecule has 1 saturated heterocycles. The quantitative estimate of drug-likeness (QED) is 0.247. The Bertz CT molecular complexity index is 1300. The lowest BCUT2D eigenvalue weighted by molar-refractivity contribution is -0.0999. The van der Waals surface area contributed by atoms with Crippen molar-refractivity contribution in [2.45, 2.75) is 11.2 Å². The van der Waals surface area contributed by atoms with Crippen LogP contribution < -0.4 is 25.6 Å². The summed E-state index contributed by atoms with van der Waals surface area (Å²) < 4.78 is 80.7. The van der Waals surface area contributed by atoms with E-state index in [2.05, 4.69) is 20.3 Å². The summed E-state index contributed by atoms with van der Waals surface area (Å²) in [5, 5.41) is 8.91. The molecule has 0 saturated carbocycles. The Balaban J connectivity index is 1.65. The lowest BCUT2D eigenvalue weighted by atomic mass is 10.2. The zero-order valence-electron chi connectivity index (χ0n) is 17.8. The van der Waals surface area contributed by atoms with Gasteiger partial charge in [-0.25, -0.2) is 17.8 Å². The van der Waals surface area contributed by atoms with Crippen LogP contribution in [-0.4, -0.2) is 45.9 Å². The van der Waals surface area contributed by atoms with Crippen LogP contribution in [0.25, 0.3) is 0 Å². The van der Waals surface area contributed by atoms with E-state index >= 15 is 0 Å². The normalized spacial score (nSPS) is 14.6. The largest absolute Gasteiger partial charge is 0.482 e. The molecule has 3 aromatic rings. The Morgan fingerprint density at radius 2 is 1.86 bits per heavy atom. The minimum absolute atomic E-state index is 0.0425. The minimum atomic E-state index is -4.62. The number of benzene rings is 2. The summed E-state index contributed by atoms with van der Waals surface area (Å²) in [7, 11) is -4.30. The lowest BCUT2D eigenvalue weighted by Crippen LogP contribution is -2.43. The molecule has 2 heterocycles. The first-order valence-corrected chi connectivity index (χ1v) is 12.9. The topological polar surface area (TPSA) is 98.4 Å². The monoisotopic (exact) mass is 550 g/mol. The average Bonchev–Trinajstić information content (AvgIpc) is 3.28. The molecule has 1 aromatic heterocycles. The maximum atomic E-state index is 14.9. The summed E-state index contributed by atoms with van der Waals surface area (Å²) in [4.78, 5) is 5.01. The Kier molecular flexibility index (Phi) is 7.26. The van der Waals surface area contributed by atoms with Gasteiger partial charge in [0.2, 0.25) is 0 Å². The van der Waals surface area contributed by atoms with Crippen LogP contribution in [0.4, 0.5) is 46.1 Å². The second kappa shape index (κ2) is 10.0. The summed E-state index contributed by atoms with van der Waals surface area (Å²) in [5.74, 6) is -1.03. The van der Waals surface area contributed by atoms with Gasteiger partial charge >= 0.3 is 6.30 Å². The van der Waals surface area contributed by atoms with Gasteiger partial charge in [0.15, 0.2) is 5.82 Å². The molecule has 1 fully saturated rings. The number of nitrogens with one attached hydrogen (secondary N) is 4. The van der Waals surface area contributed by atoms with E-state index in [1.807, 2.05) is 4.90 Å². The molecule has 4 rings (SSSR count). The zero-order chi connectivity index (χ0) is 25.2. The first-order valence-electron chi connectivity index (χ1n) is 10.1. The summed E-state index contributed by atoms with van der Waals surface area (Å²) in [6.45, 7) is 2.33. The summed E-state index contributed by atoms with van der Waals surface area (Å²) in [6, 6.07) is 5.85. The third-order valence-electron chi connectivity index (χ3n) is 4.99. The van der Waals surface area contributed by atoms with Gasteiger partial charge < -0.3 is 15.5 Å². The number of piperazine rings is 1. The van der Waals surface area contributed by atoms with Crippen molar-refractivity contribution in [3.63, 3.8) is 0 Å². The third kappa shape index (κ3) is 6.25. The summed E-state index contributed by atoms with van der Waals surface area (Å²) >= 11 is 7.44. The predicted octanol–water partition coefficient (Wildman–Crippen LogP) is 4.82. The highest BCUT2D eigenvalue weighted by atomic mass is 35.5. The van der Waals surface area contributed by atoms with E-state index in [0.29, 0.717) is 37.6 Å². The number of aromatic nitrogens is 1. The van der Waals surface area contributed by atoms with Crippen LogP contribution in [0.3, 0.4) is 0 Å². The molecule has 4 N–H and O–H groups in total. The van der Waals surface area contributed by atoms with Gasteiger partial charge in [-0.05, 0) is 24.3 Å². The fourth-order valence-electron chi connectivity index (χ4n) is 3.48. The third-order valence-corrected chi connectivity index (χ3v) is 7.26. The maximum absolute atomic E-state index is 14.9. The molecular formula is C20H19ClF4N6O2S2. The van der Waals surface area contributed by atoms with Crippen LogP contribution in [0.2, 0.25) is 5.02 Å². The molecule has 1 aliphatic rings. The van der Waals surface area contributed by atoms with Crippen molar-refractivity contribution in [2.24, 2.45) is 0 Å². The number of alkyl halides is 3. The van der Waals surface area contributed by atoms with Crippen molar-refractivity contribution < 1.29 is 26.0 Å². The fraction of sp³-hybridized carbons (Fsp3) is 0.250. The van der Waals surface area contributed by atoms with Gasteiger partial charge in [-0.15, -0.1) is 11.3 Å². The molecule has 0 unspecified atom stereocenters. The first-order chi connectivity index (χ1) is 16.5. The molecule has 2 aromatic carbocycles. The van der Waals surface area contributed by atoms with E-state index in [1.165, 1.54) is 34.4 Å². The van der Waals surface area contributed by atoms with Gasteiger partial charge in [-0.3, -0.25) is 10.0 Å². The Hall–Kier alpha value is -2.81. The smallest absolute Gasteiger partial charge is 0.367 e. The van der Waals surface area contributed by atoms with Crippen molar-refractivity contribution >= 4 is 61.5 Å². The Morgan fingerprint density at radius 1 is 1.11 bits per heavy atom. The van der Waals surface area contributed by atoms with Crippen molar-refractivity contribution in [3.8, 4) is 0 Å². The Labute approximate surface area is 207 Å². The van der Waals surface area contributed by atoms with Gasteiger partial charge in [0, 0.05) is 43.3 Å². The van der Waals surface area contributed by atoms with Crippen molar-refractivity contribution in [1.82, 2.24) is 10.3 Å². The number of hydrogen-bond acceptors (Lipinski definition) is 8. The number of halogens is 5. The molecule has 0 atom stereocenters. The van der Waals surface area contributed by atoms with E-state index < -0.39 is 27.0 Å². The maximum Gasteiger partial charge on any atom is 0.482 e. The van der Waals surface area contributed by atoms with Crippen LogP contribution in [0.5, 0.6) is 0 Å². The van der Waals surface area contributed by atoms with Crippen LogP contribution in [-0.2, 0) is 10.0 Å². The highest BCUT2D eigenvalue weighted by Crippen LogP contribution is 2.37. The van der Waals surface area contributed by atoms with E-state index in [9.17, 15) is 26.0 Å². The second-order valence-electron chi connectivity index (χ2n) is 7.46. The molecular weight excluding hydrogens is 532 g/mol. The van der Waals surface area contributed by atoms with Crippen LogP contribution in [0, 0.1) is 5.82 Å². The molecule has 8 nitrogen and oxygen atoms in total. The van der Waals surface area contributed by atoms with Crippen LogP contribution >= 0.6 is 22.9 Å². The minimum Gasteiger partial charge on any atom is -0.367 e. The van der Waals surface area contributed by atoms with Gasteiger partial charge in [-0.1, -0.05) is 11.6 Å². The highest BCUT2D eigenvalue weighted by Gasteiger charge is 2.28. The predicted molar refractivity (Wildman–Crippen MR) is 129 cm³/mol. The number of hydrogen-bond donors (Lipinski definition) is 4. The lowest BCUT2D eigenvalue weighted by Gasteiger charge is -2.32. The Morgan fingerprint density at radius 3 is 2.51 bits per heavy atom. The van der Waals surface area contributed by atoms with E-state index in [4.69, 9.17) is 11.6 Å². The molecule has 35 heavy (non-hydrogen) atoms. The summed E-state index contributed by atoms with van der Waals surface area (Å²) in [5.41, 5.74) is 2.11. The summed E-state index contributed by atoms with van der Waals surface area (Å²) in [6.07, 6.45) is -4.62. The number of thiazole rings is 1. The van der Waals surface area contributed by atoms with Crippen molar-refractivity contribution in [1.29, 1.82) is 0 Å².